The van der Waals surface area contributed by atoms with Crippen LogP contribution < -0.4 is 0 Å². The molecule has 0 aromatic heterocycles. The third-order valence-electron chi connectivity index (χ3n) is 3.88. The number of likely N-dealkylation sites (tertiary alicyclic amines) is 1. The molecule has 12 heavy (non-hydrogen) atoms. The molecule has 0 unspecified atom stereocenters. The summed E-state index contributed by atoms with van der Waals surface area (Å²) in [7, 11) is 0. The second-order valence-electron chi connectivity index (χ2n) is 5.57. The summed E-state index contributed by atoms with van der Waals surface area (Å²) in [6.07, 6.45) is 2.97. The molecule has 2 fully saturated rings. The second-order valence-corrected chi connectivity index (χ2v) is 5.57. The molecule has 1 heteroatoms. The maximum Gasteiger partial charge on any atom is 0.0128 e. The molecule has 1 nitrogen and oxygen atoms in total. The van der Waals surface area contributed by atoms with Gasteiger partial charge in [0.2, 0.25) is 0 Å². The number of hydrogen-bond acceptors (Lipinski definition) is 1. The van der Waals surface area contributed by atoms with Crippen molar-refractivity contribution in [3.05, 3.63) is 0 Å². The van der Waals surface area contributed by atoms with Crippen LogP contribution in [0.3, 0.4) is 0 Å². The van der Waals surface area contributed by atoms with Gasteiger partial charge in [-0.2, -0.15) is 0 Å². The molecule has 0 radical (unpaired) electrons. The van der Waals surface area contributed by atoms with Crippen molar-refractivity contribution in [2.24, 2.45) is 11.8 Å². The second kappa shape index (κ2) is 2.47. The molecule has 3 atom stereocenters. The maximum atomic E-state index is 2.69. The van der Waals surface area contributed by atoms with E-state index in [9.17, 15) is 0 Å². The lowest BCUT2D eigenvalue weighted by Gasteiger charge is -2.37. The molecule has 0 N–H and O–H groups in total. The summed E-state index contributed by atoms with van der Waals surface area (Å²) in [6.45, 7) is 10.8. The standard InChI is InChI=1S/C11H21N/c1-8-10-6-5-9(10)7-12(8)11(2,3)4/h8-10H,5-7H2,1-4H3/t8-,9-,10+/m1/s1. The van der Waals surface area contributed by atoms with Crippen molar-refractivity contribution in [3.8, 4) is 0 Å². The van der Waals surface area contributed by atoms with Crippen LogP contribution in [-0.4, -0.2) is 23.0 Å². The van der Waals surface area contributed by atoms with E-state index in [0.29, 0.717) is 5.54 Å². The minimum Gasteiger partial charge on any atom is -0.295 e. The van der Waals surface area contributed by atoms with Gasteiger partial charge in [0.05, 0.1) is 0 Å². The molecule has 70 valence electrons. The zero-order valence-corrected chi connectivity index (χ0v) is 8.80. The van der Waals surface area contributed by atoms with Crippen LogP contribution in [0, 0.1) is 11.8 Å². The predicted octanol–water partition coefficient (Wildman–Crippen LogP) is 2.52. The molecule has 1 heterocycles. The molecule has 1 aliphatic heterocycles. The monoisotopic (exact) mass is 167 g/mol. The summed E-state index contributed by atoms with van der Waals surface area (Å²) >= 11 is 0. The lowest BCUT2D eigenvalue weighted by atomic mass is 9.73. The van der Waals surface area contributed by atoms with E-state index in [1.54, 1.807) is 0 Å². The van der Waals surface area contributed by atoms with E-state index < -0.39 is 0 Å². The highest BCUT2D eigenvalue weighted by Gasteiger charge is 2.47. The molecular formula is C11H21N. The Hall–Kier alpha value is -0.0400. The van der Waals surface area contributed by atoms with E-state index in [1.807, 2.05) is 0 Å². The first-order chi connectivity index (χ1) is 5.50. The van der Waals surface area contributed by atoms with Crippen molar-refractivity contribution in [3.63, 3.8) is 0 Å². The summed E-state index contributed by atoms with van der Waals surface area (Å²) in [4.78, 5) is 2.69. The van der Waals surface area contributed by atoms with Crippen LogP contribution in [-0.2, 0) is 0 Å². The molecule has 0 spiro atoms. The van der Waals surface area contributed by atoms with Crippen molar-refractivity contribution >= 4 is 0 Å². The average Bonchev–Trinajstić information content (AvgIpc) is 2.00. The highest BCUT2D eigenvalue weighted by Crippen LogP contribution is 2.46. The Bertz CT molecular complexity index is 180. The molecular weight excluding hydrogens is 146 g/mol. The normalized spacial score (nSPS) is 42.5. The van der Waals surface area contributed by atoms with Gasteiger partial charge in [-0.05, 0) is 52.4 Å². The van der Waals surface area contributed by atoms with Gasteiger partial charge >= 0.3 is 0 Å². The topological polar surface area (TPSA) is 3.24 Å². The molecule has 1 saturated heterocycles. The first-order valence-electron chi connectivity index (χ1n) is 5.27. The zero-order valence-electron chi connectivity index (χ0n) is 8.80. The van der Waals surface area contributed by atoms with Crippen LogP contribution in [0.5, 0.6) is 0 Å². The lowest BCUT2D eigenvalue weighted by molar-refractivity contribution is 0.116. The van der Waals surface area contributed by atoms with Gasteiger partial charge in [0.25, 0.3) is 0 Å². The van der Waals surface area contributed by atoms with Gasteiger partial charge in [0.15, 0.2) is 0 Å². The summed E-state index contributed by atoms with van der Waals surface area (Å²) in [5.41, 5.74) is 0.386. The van der Waals surface area contributed by atoms with E-state index in [-0.39, 0.29) is 0 Å². The Morgan fingerprint density at radius 2 is 1.83 bits per heavy atom. The van der Waals surface area contributed by atoms with E-state index in [2.05, 4.69) is 32.6 Å². The first-order valence-corrected chi connectivity index (χ1v) is 5.27. The summed E-state index contributed by atoms with van der Waals surface area (Å²) in [6, 6.07) is 0.837. The first kappa shape index (κ1) is 8.55. The Morgan fingerprint density at radius 1 is 1.17 bits per heavy atom. The van der Waals surface area contributed by atoms with Crippen molar-refractivity contribution in [1.29, 1.82) is 0 Å². The summed E-state index contributed by atoms with van der Waals surface area (Å²) in [5, 5.41) is 0. The fourth-order valence-electron chi connectivity index (χ4n) is 2.99. The average molecular weight is 167 g/mol. The van der Waals surface area contributed by atoms with Gasteiger partial charge in [-0.1, -0.05) is 0 Å². The third kappa shape index (κ3) is 1.10. The SMILES string of the molecule is C[C@@H]1[C@@H]2CC[C@@H]2CN1C(C)(C)C. The van der Waals surface area contributed by atoms with Gasteiger partial charge in [0.1, 0.15) is 0 Å². The molecule has 1 saturated carbocycles. The fraction of sp³-hybridized carbons (Fsp3) is 1.00. The van der Waals surface area contributed by atoms with Gasteiger partial charge in [-0.15, -0.1) is 0 Å². The Morgan fingerprint density at radius 3 is 2.08 bits per heavy atom. The van der Waals surface area contributed by atoms with Crippen LogP contribution in [0.2, 0.25) is 0 Å². The van der Waals surface area contributed by atoms with Crippen LogP contribution in [0.1, 0.15) is 40.5 Å². The Balaban J connectivity index is 2.09. The molecule has 0 amide bonds. The number of hydrogen-bond donors (Lipinski definition) is 0. The van der Waals surface area contributed by atoms with Gasteiger partial charge < -0.3 is 0 Å². The zero-order chi connectivity index (χ0) is 8.93. The van der Waals surface area contributed by atoms with Crippen LogP contribution in [0.15, 0.2) is 0 Å². The van der Waals surface area contributed by atoms with Crippen molar-refractivity contribution in [2.45, 2.75) is 52.1 Å². The van der Waals surface area contributed by atoms with Crippen LogP contribution >= 0.6 is 0 Å². The van der Waals surface area contributed by atoms with Gasteiger partial charge in [0, 0.05) is 18.1 Å². The van der Waals surface area contributed by atoms with E-state index in [0.717, 1.165) is 17.9 Å². The van der Waals surface area contributed by atoms with Gasteiger partial charge in [-0.25, -0.2) is 0 Å². The van der Waals surface area contributed by atoms with Gasteiger partial charge in [-0.3, -0.25) is 4.90 Å². The molecule has 0 bridgehead atoms. The number of rotatable bonds is 0. The van der Waals surface area contributed by atoms with Crippen molar-refractivity contribution in [1.82, 2.24) is 4.90 Å². The molecule has 2 aliphatic rings. The third-order valence-corrected chi connectivity index (χ3v) is 3.88. The van der Waals surface area contributed by atoms with E-state index >= 15 is 0 Å². The molecule has 1 aliphatic carbocycles. The van der Waals surface area contributed by atoms with E-state index in [1.165, 1.54) is 19.4 Å². The lowest BCUT2D eigenvalue weighted by Crippen LogP contribution is -2.44. The maximum absolute atomic E-state index is 2.69. The van der Waals surface area contributed by atoms with E-state index in [4.69, 9.17) is 0 Å². The number of fused-ring (bicyclic) bond motifs is 1. The molecule has 0 aromatic carbocycles. The van der Waals surface area contributed by atoms with Crippen LogP contribution in [0.25, 0.3) is 0 Å². The predicted molar refractivity (Wildman–Crippen MR) is 52.1 cm³/mol. The Kier molecular flexibility index (Phi) is 1.76. The highest BCUT2D eigenvalue weighted by molar-refractivity contribution is 5.00. The minimum absolute atomic E-state index is 0.386. The number of nitrogens with zero attached hydrogens (tertiary/aromatic N) is 1. The quantitative estimate of drug-likeness (QED) is 0.536. The molecule has 2 rings (SSSR count). The minimum atomic E-state index is 0.386. The summed E-state index contributed by atoms with van der Waals surface area (Å²) in [5.74, 6) is 2.07. The largest absolute Gasteiger partial charge is 0.295 e. The van der Waals surface area contributed by atoms with Crippen LogP contribution in [0.4, 0.5) is 0 Å². The fourth-order valence-corrected chi connectivity index (χ4v) is 2.99. The smallest absolute Gasteiger partial charge is 0.0128 e. The highest BCUT2D eigenvalue weighted by atomic mass is 15.2. The van der Waals surface area contributed by atoms with Crippen molar-refractivity contribution < 1.29 is 0 Å². The molecule has 0 aromatic rings. The Labute approximate surface area is 76.1 Å². The summed E-state index contributed by atoms with van der Waals surface area (Å²) < 4.78 is 0. The van der Waals surface area contributed by atoms with Crippen molar-refractivity contribution in [2.75, 3.05) is 6.54 Å².